The Bertz CT molecular complexity index is 676. The molecule has 0 spiro atoms. The van der Waals surface area contributed by atoms with E-state index in [1.807, 2.05) is 0 Å². The average molecular weight is 291 g/mol. The molecule has 3 rings (SSSR count). The molecule has 1 fully saturated rings. The summed E-state index contributed by atoms with van der Waals surface area (Å²) < 4.78 is 1.14. The number of carbonyl (C=O) groups excluding carboxylic acids is 1. The number of hydrogen-bond acceptors (Lipinski definition) is 4. The number of nitrogens with zero attached hydrogens (tertiary/aromatic N) is 1. The maximum Gasteiger partial charge on any atom is 0.323 e. The second kappa shape index (κ2) is 4.91. The standard InChI is InChI=1S/C14H17N3O4/c1-7-4-9-12(14(21)17(7)6-11(18)19)16-13(20)10(15-9)5-8-2-3-8/h4,8,10,15H,2-3,5-6H2,1H3,(H,16,20)(H,18,19)/t10-/m1/s1. The molecule has 21 heavy (non-hydrogen) atoms. The highest BCUT2D eigenvalue weighted by molar-refractivity contribution is 6.02. The van der Waals surface area contributed by atoms with Crippen LogP contribution in [-0.2, 0) is 16.1 Å². The average Bonchev–Trinajstić information content (AvgIpc) is 3.21. The normalized spacial score (nSPS) is 20.4. The lowest BCUT2D eigenvalue weighted by Crippen LogP contribution is -2.43. The summed E-state index contributed by atoms with van der Waals surface area (Å²) in [4.78, 5) is 35.2. The molecule has 0 radical (unpaired) electrons. The number of aliphatic carboxylic acids is 1. The van der Waals surface area contributed by atoms with Crippen LogP contribution in [0.15, 0.2) is 10.9 Å². The minimum atomic E-state index is -1.10. The first-order valence-electron chi connectivity index (χ1n) is 6.99. The quantitative estimate of drug-likeness (QED) is 0.761. The molecule has 2 heterocycles. The van der Waals surface area contributed by atoms with E-state index in [1.54, 1.807) is 13.0 Å². The van der Waals surface area contributed by atoms with Gasteiger partial charge in [0, 0.05) is 5.69 Å². The number of anilines is 2. The lowest BCUT2D eigenvalue weighted by atomic mass is 10.1. The third kappa shape index (κ3) is 2.63. The number of carbonyl (C=O) groups is 2. The van der Waals surface area contributed by atoms with Crippen LogP contribution in [0, 0.1) is 12.8 Å². The van der Waals surface area contributed by atoms with Gasteiger partial charge >= 0.3 is 5.97 Å². The maximum atomic E-state index is 12.3. The molecule has 0 aromatic carbocycles. The zero-order valence-corrected chi connectivity index (χ0v) is 11.7. The molecule has 0 saturated heterocycles. The molecule has 0 unspecified atom stereocenters. The first kappa shape index (κ1) is 13.7. The first-order valence-corrected chi connectivity index (χ1v) is 6.99. The Morgan fingerprint density at radius 2 is 2.14 bits per heavy atom. The fourth-order valence-electron chi connectivity index (χ4n) is 2.65. The Morgan fingerprint density at radius 1 is 1.43 bits per heavy atom. The van der Waals surface area contributed by atoms with E-state index in [0.717, 1.165) is 23.8 Å². The zero-order valence-electron chi connectivity index (χ0n) is 11.7. The predicted molar refractivity (Wildman–Crippen MR) is 76.5 cm³/mol. The van der Waals surface area contributed by atoms with Gasteiger partial charge in [-0.15, -0.1) is 0 Å². The van der Waals surface area contributed by atoms with Crippen molar-refractivity contribution < 1.29 is 14.7 Å². The molecule has 2 aliphatic rings. The predicted octanol–water partition coefficient (Wildman–Crippen LogP) is 0.774. The van der Waals surface area contributed by atoms with Crippen LogP contribution in [0.2, 0.25) is 0 Å². The van der Waals surface area contributed by atoms with Gasteiger partial charge in [0.1, 0.15) is 18.3 Å². The Morgan fingerprint density at radius 3 is 2.76 bits per heavy atom. The first-order chi connectivity index (χ1) is 9.95. The molecule has 1 aromatic rings. The minimum Gasteiger partial charge on any atom is -0.480 e. The summed E-state index contributed by atoms with van der Waals surface area (Å²) in [5.74, 6) is -0.734. The van der Waals surface area contributed by atoms with Crippen LogP contribution in [0.3, 0.4) is 0 Å². The number of aromatic nitrogens is 1. The number of pyridine rings is 1. The van der Waals surface area contributed by atoms with E-state index < -0.39 is 18.1 Å². The summed E-state index contributed by atoms with van der Waals surface area (Å²) in [7, 11) is 0. The number of aryl methyl sites for hydroxylation is 1. The second-order valence-corrected chi connectivity index (χ2v) is 5.72. The van der Waals surface area contributed by atoms with E-state index in [-0.39, 0.29) is 17.6 Å². The highest BCUT2D eigenvalue weighted by Gasteiger charge is 2.33. The van der Waals surface area contributed by atoms with Crippen LogP contribution in [0.5, 0.6) is 0 Å². The molecule has 1 aromatic heterocycles. The molecule has 7 heteroatoms. The van der Waals surface area contributed by atoms with Crippen molar-refractivity contribution in [1.29, 1.82) is 0 Å². The van der Waals surface area contributed by atoms with Gasteiger partial charge in [-0.25, -0.2) is 0 Å². The third-order valence-electron chi connectivity index (χ3n) is 3.96. The van der Waals surface area contributed by atoms with Crippen LogP contribution in [0.25, 0.3) is 0 Å². The second-order valence-electron chi connectivity index (χ2n) is 5.72. The smallest absolute Gasteiger partial charge is 0.323 e. The molecule has 112 valence electrons. The number of amides is 1. The van der Waals surface area contributed by atoms with Gasteiger partial charge < -0.3 is 15.7 Å². The number of rotatable bonds is 4. The van der Waals surface area contributed by atoms with Gasteiger partial charge in [0.15, 0.2) is 0 Å². The Balaban J connectivity index is 1.94. The van der Waals surface area contributed by atoms with Crippen molar-refractivity contribution in [2.24, 2.45) is 5.92 Å². The number of carboxylic acid groups (broad SMARTS) is 1. The zero-order chi connectivity index (χ0) is 15.1. The van der Waals surface area contributed by atoms with E-state index >= 15 is 0 Å². The van der Waals surface area contributed by atoms with Crippen molar-refractivity contribution in [2.45, 2.75) is 38.8 Å². The van der Waals surface area contributed by atoms with Gasteiger partial charge in [0.25, 0.3) is 5.56 Å². The van der Waals surface area contributed by atoms with Crippen molar-refractivity contribution >= 4 is 23.3 Å². The van der Waals surface area contributed by atoms with Crippen molar-refractivity contribution in [1.82, 2.24) is 4.57 Å². The molecule has 7 nitrogen and oxygen atoms in total. The van der Waals surface area contributed by atoms with E-state index in [9.17, 15) is 14.4 Å². The van der Waals surface area contributed by atoms with E-state index in [4.69, 9.17) is 5.11 Å². The summed E-state index contributed by atoms with van der Waals surface area (Å²) in [6.45, 7) is 1.26. The monoisotopic (exact) mass is 291 g/mol. The lowest BCUT2D eigenvalue weighted by molar-refractivity contribution is -0.137. The number of carboxylic acids is 1. The van der Waals surface area contributed by atoms with Crippen molar-refractivity contribution in [3.05, 3.63) is 22.1 Å². The summed E-state index contributed by atoms with van der Waals surface area (Å²) in [5, 5.41) is 14.6. The van der Waals surface area contributed by atoms with Gasteiger partial charge in [-0.3, -0.25) is 19.0 Å². The summed E-state index contributed by atoms with van der Waals surface area (Å²) in [6, 6.07) is 1.39. The Hall–Kier alpha value is -2.31. The van der Waals surface area contributed by atoms with Gasteiger partial charge in [0.05, 0.1) is 5.69 Å². The van der Waals surface area contributed by atoms with Gasteiger partial charge in [-0.1, -0.05) is 12.8 Å². The summed E-state index contributed by atoms with van der Waals surface area (Å²) in [6.07, 6.45) is 3.07. The molecular weight excluding hydrogens is 274 g/mol. The van der Waals surface area contributed by atoms with Crippen LogP contribution < -0.4 is 16.2 Å². The lowest BCUT2D eigenvalue weighted by Gasteiger charge is -2.27. The summed E-state index contributed by atoms with van der Waals surface area (Å²) >= 11 is 0. The van der Waals surface area contributed by atoms with Crippen LogP contribution in [0.1, 0.15) is 25.0 Å². The fraction of sp³-hybridized carbons (Fsp3) is 0.500. The van der Waals surface area contributed by atoms with Crippen LogP contribution in [-0.4, -0.2) is 27.6 Å². The molecule has 3 N–H and O–H groups in total. The Kier molecular flexibility index (Phi) is 3.19. The topological polar surface area (TPSA) is 100 Å². The fourth-order valence-corrected chi connectivity index (χ4v) is 2.65. The highest BCUT2D eigenvalue weighted by Crippen LogP contribution is 2.36. The highest BCUT2D eigenvalue weighted by atomic mass is 16.4. The molecule has 1 atom stereocenters. The van der Waals surface area contributed by atoms with Crippen molar-refractivity contribution in [3.8, 4) is 0 Å². The SMILES string of the molecule is Cc1cc2c(c(=O)n1CC(=O)O)NC(=O)[C@@H](CC1CC1)N2. The van der Waals surface area contributed by atoms with Crippen molar-refractivity contribution in [2.75, 3.05) is 10.6 Å². The van der Waals surface area contributed by atoms with E-state index in [0.29, 0.717) is 17.3 Å². The van der Waals surface area contributed by atoms with Crippen LogP contribution in [0.4, 0.5) is 11.4 Å². The number of fused-ring (bicyclic) bond motifs is 1. The minimum absolute atomic E-state index is 0.138. The van der Waals surface area contributed by atoms with Crippen LogP contribution >= 0.6 is 0 Å². The third-order valence-corrected chi connectivity index (χ3v) is 3.96. The van der Waals surface area contributed by atoms with Gasteiger partial charge in [0.2, 0.25) is 5.91 Å². The van der Waals surface area contributed by atoms with E-state index in [2.05, 4.69) is 10.6 Å². The molecule has 1 aliphatic carbocycles. The van der Waals surface area contributed by atoms with Gasteiger partial charge in [-0.2, -0.15) is 0 Å². The number of hydrogen-bond donors (Lipinski definition) is 3. The number of nitrogens with one attached hydrogen (secondary N) is 2. The van der Waals surface area contributed by atoms with Gasteiger partial charge in [-0.05, 0) is 25.3 Å². The maximum absolute atomic E-state index is 12.3. The molecular formula is C14H17N3O4. The molecule has 1 aliphatic heterocycles. The summed E-state index contributed by atoms with van der Waals surface area (Å²) in [5.41, 5.74) is 0.774. The molecule has 1 amide bonds. The molecule has 1 saturated carbocycles. The van der Waals surface area contributed by atoms with Crippen molar-refractivity contribution in [3.63, 3.8) is 0 Å². The van der Waals surface area contributed by atoms with E-state index in [1.165, 1.54) is 0 Å². The largest absolute Gasteiger partial charge is 0.480 e. The molecule has 0 bridgehead atoms. The Labute approximate surface area is 121 Å².